The Balaban J connectivity index is 3.68. The minimum Gasteiger partial charge on any atom is -0.306 e. The van der Waals surface area contributed by atoms with Crippen molar-refractivity contribution in [3.63, 3.8) is 0 Å². The maximum absolute atomic E-state index is 6.90. The molecule has 7 heavy (non-hydrogen) atoms. The predicted molar refractivity (Wildman–Crippen MR) is 36.1 cm³/mol. The van der Waals surface area contributed by atoms with E-state index in [9.17, 15) is 0 Å². The quantitative estimate of drug-likeness (QED) is 0.385. The Labute approximate surface area is 49.3 Å². The van der Waals surface area contributed by atoms with Crippen LogP contribution in [0.5, 0.6) is 0 Å². The van der Waals surface area contributed by atoms with Crippen LogP contribution in [0.3, 0.4) is 0 Å². The normalized spacial score (nSPS) is 11.6. The summed E-state index contributed by atoms with van der Waals surface area (Å²) in [5, 5.41) is 6.90. The van der Waals surface area contributed by atoms with Crippen LogP contribution in [0, 0.1) is 5.41 Å². The zero-order chi connectivity index (χ0) is 5.86. The average molecular weight is 115 g/mol. The minimum absolute atomic E-state index is 0.549. The van der Waals surface area contributed by atoms with Gasteiger partial charge >= 0.3 is 0 Å². The molecule has 0 atom stereocenters. The number of thiol groups is 1. The monoisotopic (exact) mass is 115 g/mol. The number of hydrogen-bond acceptors (Lipinski definition) is 2. The Morgan fingerprint density at radius 1 is 1.57 bits per heavy atom. The summed E-state index contributed by atoms with van der Waals surface area (Å²) >= 11 is 3.96. The summed E-state index contributed by atoms with van der Waals surface area (Å²) in [6.45, 7) is 3.57. The molecule has 0 radical (unpaired) electrons. The zero-order valence-electron chi connectivity index (χ0n) is 4.52. The van der Waals surface area contributed by atoms with E-state index in [2.05, 4.69) is 12.6 Å². The van der Waals surface area contributed by atoms with Crippen molar-refractivity contribution in [3.8, 4) is 0 Å². The van der Waals surface area contributed by atoms with E-state index in [1.807, 2.05) is 6.92 Å². The Morgan fingerprint density at radius 3 is 2.00 bits per heavy atom. The molecule has 0 aromatic heterocycles. The summed E-state index contributed by atoms with van der Waals surface area (Å²) in [7, 11) is 0. The van der Waals surface area contributed by atoms with Gasteiger partial charge in [-0.15, -0.1) is 12.6 Å². The van der Waals surface area contributed by atoms with Crippen LogP contribution in [0.4, 0.5) is 0 Å². The molecule has 40 valence electrons. The third-order valence-corrected chi connectivity index (χ3v) is 0.554. The number of hydrogen-bond donors (Lipinski definition) is 2. The van der Waals surface area contributed by atoms with Gasteiger partial charge in [-0.05, 0) is 24.8 Å². The van der Waals surface area contributed by atoms with E-state index in [1.165, 1.54) is 0 Å². The standard InChI is InChI=1S/C5H9NS/c1-4(6)3-5(2)7/h3,6-7H,1-2H3/b5-3-,6-4?. The fourth-order valence-electron chi connectivity index (χ4n) is 0.313. The molecule has 1 N–H and O–H groups in total. The van der Waals surface area contributed by atoms with Crippen molar-refractivity contribution in [2.45, 2.75) is 13.8 Å². The number of rotatable bonds is 1. The first kappa shape index (κ1) is 6.76. The molecule has 0 saturated carbocycles. The lowest BCUT2D eigenvalue weighted by Gasteiger charge is -1.83. The molecular formula is C5H9NS. The van der Waals surface area contributed by atoms with Gasteiger partial charge in [-0.1, -0.05) is 0 Å². The SMILES string of the molecule is CC(=N)/C=C(/C)S. The molecule has 0 aliphatic heterocycles. The van der Waals surface area contributed by atoms with Crippen molar-refractivity contribution in [3.05, 3.63) is 11.0 Å². The van der Waals surface area contributed by atoms with Crippen molar-refractivity contribution < 1.29 is 0 Å². The van der Waals surface area contributed by atoms with Gasteiger partial charge in [0.05, 0.1) is 0 Å². The average Bonchev–Trinajstić information content (AvgIpc) is 1.27. The fraction of sp³-hybridized carbons (Fsp3) is 0.400. The summed E-state index contributed by atoms with van der Waals surface area (Å²) in [6, 6.07) is 0. The highest BCUT2D eigenvalue weighted by molar-refractivity contribution is 7.84. The zero-order valence-corrected chi connectivity index (χ0v) is 5.42. The van der Waals surface area contributed by atoms with Gasteiger partial charge in [0.1, 0.15) is 0 Å². The third kappa shape index (κ3) is 5.76. The molecular weight excluding hydrogens is 106 g/mol. The van der Waals surface area contributed by atoms with E-state index in [-0.39, 0.29) is 0 Å². The van der Waals surface area contributed by atoms with Crippen LogP contribution < -0.4 is 0 Å². The second kappa shape index (κ2) is 2.86. The molecule has 0 rings (SSSR count). The van der Waals surface area contributed by atoms with E-state index in [0.29, 0.717) is 5.71 Å². The Bertz CT molecular complexity index is 101. The molecule has 0 amide bonds. The Kier molecular flexibility index (Phi) is 2.76. The van der Waals surface area contributed by atoms with Crippen molar-refractivity contribution in [2.24, 2.45) is 0 Å². The number of allylic oxidation sites excluding steroid dienone is 2. The molecule has 0 fully saturated rings. The predicted octanol–water partition coefficient (Wildman–Crippen LogP) is 1.86. The highest BCUT2D eigenvalue weighted by Crippen LogP contribution is 1.95. The maximum Gasteiger partial charge on any atom is 0.0290 e. The van der Waals surface area contributed by atoms with Crippen LogP contribution in [0.1, 0.15) is 13.8 Å². The molecule has 0 bridgehead atoms. The number of nitrogens with one attached hydrogen (secondary N) is 1. The molecule has 0 unspecified atom stereocenters. The van der Waals surface area contributed by atoms with Gasteiger partial charge in [-0.25, -0.2) is 0 Å². The molecule has 0 aliphatic carbocycles. The van der Waals surface area contributed by atoms with Gasteiger partial charge < -0.3 is 5.41 Å². The molecule has 0 aromatic carbocycles. The second-order valence-electron chi connectivity index (χ2n) is 1.47. The van der Waals surface area contributed by atoms with E-state index in [0.717, 1.165) is 4.91 Å². The first-order chi connectivity index (χ1) is 3.13. The molecule has 2 heteroatoms. The molecule has 0 saturated heterocycles. The van der Waals surface area contributed by atoms with E-state index >= 15 is 0 Å². The van der Waals surface area contributed by atoms with Crippen molar-refractivity contribution in [2.75, 3.05) is 0 Å². The summed E-state index contributed by atoms with van der Waals surface area (Å²) in [5.41, 5.74) is 0.549. The van der Waals surface area contributed by atoms with Gasteiger partial charge in [0.15, 0.2) is 0 Å². The smallest absolute Gasteiger partial charge is 0.0290 e. The topological polar surface area (TPSA) is 23.9 Å². The molecule has 1 nitrogen and oxygen atoms in total. The molecule has 0 spiro atoms. The van der Waals surface area contributed by atoms with Gasteiger partial charge in [0.25, 0.3) is 0 Å². The van der Waals surface area contributed by atoms with Gasteiger partial charge in [0, 0.05) is 5.71 Å². The highest BCUT2D eigenvalue weighted by atomic mass is 32.1. The lowest BCUT2D eigenvalue weighted by atomic mass is 10.4. The summed E-state index contributed by atoms with van der Waals surface area (Å²) in [4.78, 5) is 0.882. The van der Waals surface area contributed by atoms with Crippen LogP contribution in [-0.4, -0.2) is 5.71 Å². The van der Waals surface area contributed by atoms with Crippen molar-refractivity contribution >= 4 is 18.3 Å². The molecule has 0 aromatic rings. The summed E-state index contributed by atoms with van der Waals surface area (Å²) in [6.07, 6.45) is 1.70. The Hall–Kier alpha value is -0.240. The van der Waals surface area contributed by atoms with E-state index in [4.69, 9.17) is 5.41 Å². The minimum atomic E-state index is 0.549. The first-order valence-corrected chi connectivity index (χ1v) is 2.50. The molecule has 0 aliphatic rings. The van der Waals surface area contributed by atoms with Gasteiger partial charge in [-0.2, -0.15) is 0 Å². The highest BCUT2D eigenvalue weighted by Gasteiger charge is 1.76. The largest absolute Gasteiger partial charge is 0.306 e. The van der Waals surface area contributed by atoms with E-state index < -0.39 is 0 Å². The first-order valence-electron chi connectivity index (χ1n) is 2.05. The molecule has 0 heterocycles. The Morgan fingerprint density at radius 2 is 2.00 bits per heavy atom. The lowest BCUT2D eigenvalue weighted by molar-refractivity contribution is 1.49. The second-order valence-corrected chi connectivity index (χ2v) is 2.17. The van der Waals surface area contributed by atoms with Crippen LogP contribution >= 0.6 is 12.6 Å². The van der Waals surface area contributed by atoms with Crippen LogP contribution in [0.2, 0.25) is 0 Å². The van der Waals surface area contributed by atoms with Crippen LogP contribution in [-0.2, 0) is 0 Å². The van der Waals surface area contributed by atoms with Gasteiger partial charge in [-0.3, -0.25) is 0 Å². The van der Waals surface area contributed by atoms with Crippen molar-refractivity contribution in [1.82, 2.24) is 0 Å². The van der Waals surface area contributed by atoms with Gasteiger partial charge in [0.2, 0.25) is 0 Å². The maximum atomic E-state index is 6.90. The summed E-state index contributed by atoms with van der Waals surface area (Å²) in [5.74, 6) is 0. The van der Waals surface area contributed by atoms with Crippen molar-refractivity contribution in [1.29, 1.82) is 5.41 Å². The van der Waals surface area contributed by atoms with Crippen LogP contribution in [0.25, 0.3) is 0 Å². The summed E-state index contributed by atoms with van der Waals surface area (Å²) < 4.78 is 0. The van der Waals surface area contributed by atoms with E-state index in [1.54, 1.807) is 13.0 Å². The fourth-order valence-corrected chi connectivity index (χ4v) is 0.507. The van der Waals surface area contributed by atoms with Crippen LogP contribution in [0.15, 0.2) is 11.0 Å². The third-order valence-electron chi connectivity index (χ3n) is 0.425. The lowest BCUT2D eigenvalue weighted by Crippen LogP contribution is -1.77.